The number of halogens is 3. The van der Waals surface area contributed by atoms with Gasteiger partial charge < -0.3 is 24.5 Å². The summed E-state index contributed by atoms with van der Waals surface area (Å²) in [5.74, 6) is 0.376. The SMILES string of the molecule is Cc1cc(C[C@@H](C)NCCOc2ccccc2OCC(F)(F)F)cc2ccn(CCCO)c12. The third-order valence-electron chi connectivity index (χ3n) is 5.30. The number of nitrogens with one attached hydrogen (secondary N) is 1. The minimum absolute atomic E-state index is 0.0811. The van der Waals surface area contributed by atoms with E-state index in [2.05, 4.69) is 48.1 Å². The van der Waals surface area contributed by atoms with Gasteiger partial charge in [0.05, 0.1) is 5.52 Å². The number of ether oxygens (including phenoxy) is 2. The fraction of sp³-hybridized carbons (Fsp3) is 0.440. The van der Waals surface area contributed by atoms with Gasteiger partial charge >= 0.3 is 6.18 Å². The summed E-state index contributed by atoms with van der Waals surface area (Å²) in [5, 5.41) is 13.7. The first-order valence-corrected chi connectivity index (χ1v) is 11.1. The highest BCUT2D eigenvalue weighted by atomic mass is 19.4. The Labute approximate surface area is 192 Å². The van der Waals surface area contributed by atoms with Gasteiger partial charge in [-0.05, 0) is 62.1 Å². The predicted octanol–water partition coefficient (Wildman–Crippen LogP) is 4.87. The summed E-state index contributed by atoms with van der Waals surface area (Å²) in [6, 6.07) is 13.1. The van der Waals surface area contributed by atoms with Crippen LogP contribution >= 0.6 is 0 Å². The van der Waals surface area contributed by atoms with Crippen molar-refractivity contribution in [2.75, 3.05) is 26.4 Å². The molecular formula is C25H31F3N2O3. The van der Waals surface area contributed by atoms with Crippen LogP contribution in [-0.4, -0.2) is 48.3 Å². The fourth-order valence-electron chi connectivity index (χ4n) is 3.93. The Hall–Kier alpha value is -2.71. The molecule has 0 saturated heterocycles. The van der Waals surface area contributed by atoms with Crippen LogP contribution < -0.4 is 14.8 Å². The van der Waals surface area contributed by atoms with Crippen molar-refractivity contribution in [3.8, 4) is 11.5 Å². The Morgan fingerprint density at radius 3 is 2.52 bits per heavy atom. The highest BCUT2D eigenvalue weighted by Crippen LogP contribution is 2.28. The molecule has 1 heterocycles. The zero-order valence-corrected chi connectivity index (χ0v) is 19.0. The van der Waals surface area contributed by atoms with Crippen molar-refractivity contribution in [2.24, 2.45) is 0 Å². The molecule has 5 nitrogen and oxygen atoms in total. The lowest BCUT2D eigenvalue weighted by molar-refractivity contribution is -0.153. The number of aryl methyl sites for hydroxylation is 2. The Morgan fingerprint density at radius 2 is 1.82 bits per heavy atom. The maximum atomic E-state index is 12.4. The van der Waals surface area contributed by atoms with Crippen LogP contribution in [0.1, 0.15) is 24.5 Å². The average Bonchev–Trinajstić information content (AvgIpc) is 3.17. The Kier molecular flexibility index (Phi) is 8.63. The number of alkyl halides is 3. The summed E-state index contributed by atoms with van der Waals surface area (Å²) in [7, 11) is 0. The second-order valence-electron chi connectivity index (χ2n) is 8.20. The Bertz CT molecular complexity index is 1030. The first-order chi connectivity index (χ1) is 15.8. The molecule has 0 unspecified atom stereocenters. The van der Waals surface area contributed by atoms with Gasteiger partial charge in [-0.1, -0.05) is 18.2 Å². The second kappa shape index (κ2) is 11.4. The molecule has 1 aromatic heterocycles. The van der Waals surface area contributed by atoms with Crippen molar-refractivity contribution in [2.45, 2.75) is 45.5 Å². The van der Waals surface area contributed by atoms with Crippen LogP contribution in [0.15, 0.2) is 48.7 Å². The molecule has 0 saturated carbocycles. The molecule has 2 N–H and O–H groups in total. The topological polar surface area (TPSA) is 55.7 Å². The van der Waals surface area contributed by atoms with Crippen LogP contribution in [0.25, 0.3) is 10.9 Å². The molecular weight excluding hydrogens is 433 g/mol. The van der Waals surface area contributed by atoms with E-state index in [0.29, 0.717) is 18.9 Å². The highest BCUT2D eigenvalue weighted by Gasteiger charge is 2.28. The summed E-state index contributed by atoms with van der Waals surface area (Å²) in [5.41, 5.74) is 3.63. The fourth-order valence-corrected chi connectivity index (χ4v) is 3.93. The molecule has 8 heteroatoms. The summed E-state index contributed by atoms with van der Waals surface area (Å²) in [6.45, 7) is 4.67. The van der Waals surface area contributed by atoms with Gasteiger partial charge in [-0.25, -0.2) is 0 Å². The standard InChI is InChI=1S/C25H31F3N2O3/c1-18-14-20(16-21-8-11-30(24(18)21)10-5-12-31)15-19(2)29-9-13-32-22-6-3-4-7-23(22)33-17-25(26,27)28/h3-4,6-8,11,14,16,19,29,31H,5,9-10,12-13,15,17H2,1-2H3/t19-/m1/s1. The number of aliphatic hydroxyl groups is 1. The first-order valence-electron chi connectivity index (χ1n) is 11.1. The quantitative estimate of drug-likeness (QED) is 0.376. The minimum Gasteiger partial charge on any atom is -0.488 e. The molecule has 0 fully saturated rings. The molecule has 0 aliphatic heterocycles. The number of hydrogen-bond donors (Lipinski definition) is 2. The molecule has 0 radical (unpaired) electrons. The zero-order valence-electron chi connectivity index (χ0n) is 19.0. The van der Waals surface area contributed by atoms with Gasteiger partial charge in [-0.2, -0.15) is 13.2 Å². The molecule has 180 valence electrons. The molecule has 0 aliphatic rings. The molecule has 1 atom stereocenters. The third-order valence-corrected chi connectivity index (χ3v) is 5.30. The van der Waals surface area contributed by atoms with Gasteiger partial charge in [0.1, 0.15) is 6.61 Å². The van der Waals surface area contributed by atoms with Gasteiger partial charge in [0.15, 0.2) is 18.1 Å². The number of para-hydroxylation sites is 2. The number of rotatable bonds is 12. The van der Waals surface area contributed by atoms with Gasteiger partial charge in [0.25, 0.3) is 0 Å². The summed E-state index contributed by atoms with van der Waals surface area (Å²) in [4.78, 5) is 0. The smallest absolute Gasteiger partial charge is 0.422 e. The number of aliphatic hydroxyl groups excluding tert-OH is 1. The maximum Gasteiger partial charge on any atom is 0.422 e. The number of fused-ring (bicyclic) bond motifs is 1. The van der Waals surface area contributed by atoms with E-state index in [9.17, 15) is 13.2 Å². The molecule has 0 amide bonds. The van der Waals surface area contributed by atoms with Crippen LogP contribution in [0.4, 0.5) is 13.2 Å². The molecule has 33 heavy (non-hydrogen) atoms. The summed E-state index contributed by atoms with van der Waals surface area (Å²) >= 11 is 0. The lowest BCUT2D eigenvalue weighted by Crippen LogP contribution is -2.31. The molecule has 0 aliphatic carbocycles. The van der Waals surface area contributed by atoms with Crippen LogP contribution in [0.2, 0.25) is 0 Å². The van der Waals surface area contributed by atoms with E-state index in [0.717, 1.165) is 19.4 Å². The predicted molar refractivity (Wildman–Crippen MR) is 123 cm³/mol. The van der Waals surface area contributed by atoms with Crippen LogP contribution in [-0.2, 0) is 13.0 Å². The molecule has 3 aromatic rings. The van der Waals surface area contributed by atoms with E-state index in [4.69, 9.17) is 14.6 Å². The van der Waals surface area contributed by atoms with Gasteiger partial charge in [-0.3, -0.25) is 0 Å². The van der Waals surface area contributed by atoms with E-state index in [1.54, 1.807) is 18.2 Å². The van der Waals surface area contributed by atoms with Crippen LogP contribution in [0, 0.1) is 6.92 Å². The highest BCUT2D eigenvalue weighted by molar-refractivity contribution is 5.84. The van der Waals surface area contributed by atoms with E-state index < -0.39 is 12.8 Å². The maximum absolute atomic E-state index is 12.4. The van der Waals surface area contributed by atoms with Crippen LogP contribution in [0.5, 0.6) is 11.5 Å². The van der Waals surface area contributed by atoms with E-state index >= 15 is 0 Å². The molecule has 0 bridgehead atoms. The van der Waals surface area contributed by atoms with Crippen molar-refractivity contribution >= 4 is 10.9 Å². The van der Waals surface area contributed by atoms with E-state index in [-0.39, 0.29) is 18.4 Å². The number of hydrogen-bond acceptors (Lipinski definition) is 4. The zero-order chi connectivity index (χ0) is 23.8. The monoisotopic (exact) mass is 464 g/mol. The normalized spacial score (nSPS) is 12.8. The lowest BCUT2D eigenvalue weighted by atomic mass is 10.0. The van der Waals surface area contributed by atoms with Gasteiger partial charge in [0.2, 0.25) is 0 Å². The van der Waals surface area contributed by atoms with Gasteiger partial charge in [0, 0.05) is 37.3 Å². The van der Waals surface area contributed by atoms with Crippen molar-refractivity contribution in [1.82, 2.24) is 9.88 Å². The third kappa shape index (κ3) is 7.40. The van der Waals surface area contributed by atoms with E-state index in [1.165, 1.54) is 28.1 Å². The first kappa shape index (κ1) is 24.9. The van der Waals surface area contributed by atoms with E-state index in [1.807, 2.05) is 0 Å². The number of nitrogens with zero attached hydrogens (tertiary/aromatic N) is 1. The van der Waals surface area contributed by atoms with Crippen molar-refractivity contribution in [3.63, 3.8) is 0 Å². The largest absolute Gasteiger partial charge is 0.488 e. The van der Waals surface area contributed by atoms with Crippen molar-refractivity contribution in [1.29, 1.82) is 0 Å². The summed E-state index contributed by atoms with van der Waals surface area (Å²) in [6.07, 6.45) is -0.767. The Morgan fingerprint density at radius 1 is 1.09 bits per heavy atom. The number of benzene rings is 2. The average molecular weight is 465 g/mol. The van der Waals surface area contributed by atoms with Crippen molar-refractivity contribution in [3.05, 3.63) is 59.8 Å². The molecule has 0 spiro atoms. The molecule has 3 rings (SSSR count). The van der Waals surface area contributed by atoms with Gasteiger partial charge in [-0.15, -0.1) is 0 Å². The lowest BCUT2D eigenvalue weighted by Gasteiger charge is -2.17. The van der Waals surface area contributed by atoms with Crippen molar-refractivity contribution < 1.29 is 27.8 Å². The summed E-state index contributed by atoms with van der Waals surface area (Å²) < 4.78 is 49.9. The van der Waals surface area contributed by atoms with Crippen LogP contribution in [0.3, 0.4) is 0 Å². The Balaban J connectivity index is 1.49. The molecule has 2 aromatic carbocycles. The number of aromatic nitrogens is 1. The minimum atomic E-state index is -4.40. The second-order valence-corrected chi connectivity index (χ2v) is 8.20.